The number of aryl methyl sites for hydroxylation is 1. The Labute approximate surface area is 133 Å². The van der Waals surface area contributed by atoms with Gasteiger partial charge in [0.05, 0.1) is 0 Å². The summed E-state index contributed by atoms with van der Waals surface area (Å²) in [5.41, 5.74) is 1.24. The van der Waals surface area contributed by atoms with E-state index in [1.807, 2.05) is 13.0 Å². The van der Waals surface area contributed by atoms with E-state index in [0.29, 0.717) is 23.5 Å². The topological polar surface area (TPSA) is 98.5 Å². The van der Waals surface area contributed by atoms with Crippen LogP contribution in [0.25, 0.3) is 0 Å². The molecule has 0 saturated carbocycles. The van der Waals surface area contributed by atoms with Crippen molar-refractivity contribution in [2.75, 3.05) is 37.6 Å². The van der Waals surface area contributed by atoms with Gasteiger partial charge in [0.2, 0.25) is 0 Å². The summed E-state index contributed by atoms with van der Waals surface area (Å²) >= 11 is 0. The molecule has 2 N–H and O–H groups in total. The second-order valence-corrected chi connectivity index (χ2v) is 5.67. The summed E-state index contributed by atoms with van der Waals surface area (Å²) in [6.07, 6.45) is 2.24. The molecule has 8 heteroatoms. The van der Waals surface area contributed by atoms with Gasteiger partial charge in [-0.2, -0.15) is 0 Å². The number of hydrogen-bond donors (Lipinski definition) is 2. The number of nitrogens with zero attached hydrogens (tertiary/aromatic N) is 4. The third kappa shape index (κ3) is 3.59. The molecule has 1 aliphatic rings. The molecular weight excluding hydrogens is 298 g/mol. The fourth-order valence-electron chi connectivity index (χ4n) is 2.88. The van der Waals surface area contributed by atoms with Gasteiger partial charge >= 0.3 is 0 Å². The largest absolute Gasteiger partial charge is 0.388 e. The molecule has 8 nitrogen and oxygen atoms in total. The number of hydrogen-bond acceptors (Lipinski definition) is 7. The number of aromatic amines is 1. The van der Waals surface area contributed by atoms with Gasteiger partial charge in [-0.05, 0) is 13.3 Å². The second kappa shape index (κ2) is 6.93. The molecule has 0 atom stereocenters. The van der Waals surface area contributed by atoms with Crippen LogP contribution in [0.2, 0.25) is 0 Å². The zero-order chi connectivity index (χ0) is 16.2. The van der Waals surface area contributed by atoms with Crippen molar-refractivity contribution < 1.29 is 9.63 Å². The Balaban J connectivity index is 1.55. The van der Waals surface area contributed by atoms with Crippen LogP contribution in [-0.2, 0) is 13.0 Å². The van der Waals surface area contributed by atoms with Crippen molar-refractivity contribution in [3.8, 4) is 0 Å². The minimum absolute atomic E-state index is 0.150. The van der Waals surface area contributed by atoms with E-state index in [1.165, 1.54) is 0 Å². The van der Waals surface area contributed by atoms with Crippen molar-refractivity contribution >= 4 is 5.82 Å². The molecule has 0 aliphatic carbocycles. The molecule has 0 aromatic carbocycles. The van der Waals surface area contributed by atoms with Crippen LogP contribution < -0.4 is 10.5 Å². The fraction of sp³-hybridized carbons (Fsp3) is 0.533. The molecule has 23 heavy (non-hydrogen) atoms. The number of H-pyrrole nitrogens is 1. The van der Waals surface area contributed by atoms with Gasteiger partial charge in [0.15, 0.2) is 5.82 Å². The number of aromatic nitrogens is 3. The van der Waals surface area contributed by atoms with Crippen molar-refractivity contribution in [1.29, 1.82) is 0 Å². The summed E-state index contributed by atoms with van der Waals surface area (Å²) in [5, 5.41) is 13.0. The van der Waals surface area contributed by atoms with E-state index >= 15 is 0 Å². The fourth-order valence-corrected chi connectivity index (χ4v) is 2.88. The Morgan fingerprint density at radius 3 is 2.74 bits per heavy atom. The first-order valence-electron chi connectivity index (χ1n) is 7.74. The maximum absolute atomic E-state index is 12.0. The number of aliphatic hydroxyl groups excluding tert-OH is 1. The van der Waals surface area contributed by atoms with E-state index in [9.17, 15) is 4.79 Å². The van der Waals surface area contributed by atoms with Crippen LogP contribution >= 0.6 is 0 Å². The molecule has 0 spiro atoms. The quantitative estimate of drug-likeness (QED) is 0.795. The summed E-state index contributed by atoms with van der Waals surface area (Å²) in [7, 11) is 0. The molecule has 1 saturated heterocycles. The minimum atomic E-state index is -0.250. The van der Waals surface area contributed by atoms with Gasteiger partial charge in [-0.25, -0.2) is 4.98 Å². The predicted octanol–water partition coefficient (Wildman–Crippen LogP) is -0.0767. The van der Waals surface area contributed by atoms with Gasteiger partial charge in [-0.3, -0.25) is 9.69 Å². The third-order valence-corrected chi connectivity index (χ3v) is 4.22. The van der Waals surface area contributed by atoms with Crippen LogP contribution in [0.4, 0.5) is 5.82 Å². The molecule has 0 bridgehead atoms. The number of anilines is 1. The lowest BCUT2D eigenvalue weighted by atomic mass is 10.1. The molecule has 3 heterocycles. The highest BCUT2D eigenvalue weighted by atomic mass is 16.5. The standard InChI is InChI=1S/C15H21N5O3/c1-11-12(15(22)17-13(10-21)16-11)2-4-19-5-7-20(8-6-19)14-3-9-23-18-14/h3,9,21H,2,4-8,10H2,1H3,(H,16,17,22). The summed E-state index contributed by atoms with van der Waals surface area (Å²) < 4.78 is 4.88. The molecule has 0 unspecified atom stereocenters. The van der Waals surface area contributed by atoms with Crippen molar-refractivity contribution in [3.63, 3.8) is 0 Å². The number of aliphatic hydroxyl groups is 1. The van der Waals surface area contributed by atoms with Crippen LogP contribution in [0, 0.1) is 6.92 Å². The first-order chi connectivity index (χ1) is 11.2. The molecule has 2 aromatic rings. The van der Waals surface area contributed by atoms with Crippen LogP contribution in [0.5, 0.6) is 0 Å². The maximum atomic E-state index is 12.0. The van der Waals surface area contributed by atoms with Crippen LogP contribution in [0.15, 0.2) is 21.6 Å². The summed E-state index contributed by atoms with van der Waals surface area (Å²) in [5.74, 6) is 1.19. The average molecular weight is 319 g/mol. The lowest BCUT2D eigenvalue weighted by Crippen LogP contribution is -2.47. The van der Waals surface area contributed by atoms with E-state index < -0.39 is 0 Å². The molecule has 1 aliphatic heterocycles. The molecule has 0 amide bonds. The van der Waals surface area contributed by atoms with E-state index in [4.69, 9.17) is 9.63 Å². The first kappa shape index (κ1) is 15.7. The smallest absolute Gasteiger partial charge is 0.254 e. The zero-order valence-corrected chi connectivity index (χ0v) is 13.2. The van der Waals surface area contributed by atoms with Crippen LogP contribution in [-0.4, -0.2) is 57.9 Å². The lowest BCUT2D eigenvalue weighted by molar-refractivity contribution is 0.258. The van der Waals surface area contributed by atoms with Gasteiger partial charge in [0.25, 0.3) is 5.56 Å². The van der Waals surface area contributed by atoms with Crippen molar-refractivity contribution in [3.05, 3.63) is 39.8 Å². The second-order valence-electron chi connectivity index (χ2n) is 5.67. The van der Waals surface area contributed by atoms with Gasteiger partial charge in [0.1, 0.15) is 18.7 Å². The van der Waals surface area contributed by atoms with E-state index in [0.717, 1.165) is 38.5 Å². The zero-order valence-electron chi connectivity index (χ0n) is 13.2. The molecule has 3 rings (SSSR count). The highest BCUT2D eigenvalue weighted by Gasteiger charge is 2.19. The molecule has 0 radical (unpaired) electrons. The number of nitrogens with one attached hydrogen (secondary N) is 1. The Bertz CT molecular complexity index is 690. The molecule has 1 fully saturated rings. The lowest BCUT2D eigenvalue weighted by Gasteiger charge is -2.34. The van der Waals surface area contributed by atoms with Crippen molar-refractivity contribution in [1.82, 2.24) is 20.0 Å². The number of rotatable bonds is 5. The van der Waals surface area contributed by atoms with E-state index in [1.54, 1.807) is 6.26 Å². The van der Waals surface area contributed by atoms with Crippen LogP contribution in [0.3, 0.4) is 0 Å². The Kier molecular flexibility index (Phi) is 4.73. The minimum Gasteiger partial charge on any atom is -0.388 e. The van der Waals surface area contributed by atoms with Crippen LogP contribution in [0.1, 0.15) is 17.1 Å². The Morgan fingerprint density at radius 1 is 1.35 bits per heavy atom. The molecular formula is C15H21N5O3. The Morgan fingerprint density at radius 2 is 2.13 bits per heavy atom. The SMILES string of the molecule is Cc1nc(CO)[nH]c(=O)c1CCN1CCN(c2ccon2)CC1. The summed E-state index contributed by atoms with van der Waals surface area (Å²) in [6, 6.07) is 1.87. The maximum Gasteiger partial charge on any atom is 0.254 e. The average Bonchev–Trinajstić information content (AvgIpc) is 3.09. The Hall–Kier alpha value is -2.19. The predicted molar refractivity (Wildman–Crippen MR) is 84.4 cm³/mol. The molecule has 124 valence electrons. The molecule has 2 aromatic heterocycles. The van der Waals surface area contributed by atoms with Crippen molar-refractivity contribution in [2.45, 2.75) is 20.0 Å². The van der Waals surface area contributed by atoms with Gasteiger partial charge in [0, 0.05) is 50.0 Å². The van der Waals surface area contributed by atoms with Gasteiger partial charge in [-0.1, -0.05) is 5.16 Å². The van der Waals surface area contributed by atoms with E-state index in [-0.39, 0.29) is 12.2 Å². The first-order valence-corrected chi connectivity index (χ1v) is 7.74. The normalized spacial score (nSPS) is 16.0. The number of piperazine rings is 1. The summed E-state index contributed by atoms with van der Waals surface area (Å²) in [6.45, 7) is 6.01. The highest BCUT2D eigenvalue weighted by Crippen LogP contribution is 2.13. The van der Waals surface area contributed by atoms with Crippen molar-refractivity contribution in [2.24, 2.45) is 0 Å². The third-order valence-electron chi connectivity index (χ3n) is 4.22. The monoisotopic (exact) mass is 319 g/mol. The van der Waals surface area contributed by atoms with E-state index in [2.05, 4.69) is 24.9 Å². The van der Waals surface area contributed by atoms with Gasteiger partial charge in [-0.15, -0.1) is 0 Å². The highest BCUT2D eigenvalue weighted by molar-refractivity contribution is 5.36. The summed E-state index contributed by atoms with van der Waals surface area (Å²) in [4.78, 5) is 23.4. The van der Waals surface area contributed by atoms with Gasteiger partial charge < -0.3 is 19.5 Å².